The van der Waals surface area contributed by atoms with Crippen LogP contribution in [0.5, 0.6) is 0 Å². The van der Waals surface area contributed by atoms with Crippen molar-refractivity contribution in [1.29, 1.82) is 0 Å². The van der Waals surface area contributed by atoms with Gasteiger partial charge in [0, 0.05) is 0 Å². The van der Waals surface area contributed by atoms with Gasteiger partial charge < -0.3 is 14.9 Å². The first-order valence-electron chi connectivity index (χ1n) is 10.4. The second kappa shape index (κ2) is 14.6. The molecule has 1 aliphatic rings. The van der Waals surface area contributed by atoms with E-state index in [4.69, 9.17) is 0 Å². The van der Waals surface area contributed by atoms with Crippen LogP contribution in [0, 0.1) is 36.8 Å². The Kier molecular flexibility index (Phi) is 17.9. The molecule has 27 heavy (non-hydrogen) atoms. The molecule has 0 heterocycles. The fourth-order valence-electron chi connectivity index (χ4n) is 4.77. The van der Waals surface area contributed by atoms with Gasteiger partial charge in [0.15, 0.2) is 0 Å². The van der Waals surface area contributed by atoms with Crippen LogP contribution < -0.4 is 0 Å². The molecule has 1 saturated carbocycles. The molecule has 0 spiro atoms. The third-order valence-electron chi connectivity index (χ3n) is 6.34. The van der Waals surface area contributed by atoms with Crippen LogP contribution >= 0.6 is 17.2 Å². The van der Waals surface area contributed by atoms with E-state index in [0.717, 1.165) is 14.2 Å². The SMILES string of the molecule is CCCCP[C-]1CC(PCCCC)CC(C(C)(C)C)(C(C)(C)C)C1.[CH3-].[CH3-].[Ti+3]. The maximum atomic E-state index is 2.52. The van der Waals surface area contributed by atoms with Crippen LogP contribution in [-0.2, 0) is 21.7 Å². The fourth-order valence-corrected chi connectivity index (χ4v) is 8.53. The molecule has 161 valence electrons. The van der Waals surface area contributed by atoms with E-state index in [-0.39, 0.29) is 36.6 Å². The molecule has 0 aromatic carbocycles. The summed E-state index contributed by atoms with van der Waals surface area (Å²) in [4.78, 5) is 0. The van der Waals surface area contributed by atoms with Crippen molar-refractivity contribution in [1.82, 2.24) is 0 Å². The van der Waals surface area contributed by atoms with Gasteiger partial charge in [-0.2, -0.15) is 12.8 Å². The number of hydrogen-bond donors (Lipinski definition) is 0. The van der Waals surface area contributed by atoms with Crippen LogP contribution in [0.25, 0.3) is 0 Å². The summed E-state index contributed by atoms with van der Waals surface area (Å²) < 4.78 is 0. The summed E-state index contributed by atoms with van der Waals surface area (Å²) in [6.07, 6.45) is 12.8. The second-order valence-corrected chi connectivity index (χ2v) is 13.3. The third-order valence-corrected chi connectivity index (χ3v) is 9.46. The summed E-state index contributed by atoms with van der Waals surface area (Å²) in [7, 11) is 2.31. The minimum Gasteiger partial charge on any atom is -0.358 e. The zero-order valence-electron chi connectivity index (χ0n) is 20.4. The monoisotopic (exact) mass is 449 g/mol. The first kappa shape index (κ1) is 33.2. The summed E-state index contributed by atoms with van der Waals surface area (Å²) >= 11 is 0. The molecule has 0 N–H and O–H groups in total. The minimum atomic E-state index is 0. The van der Waals surface area contributed by atoms with Gasteiger partial charge in [0.1, 0.15) is 0 Å². The maximum absolute atomic E-state index is 2.52. The second-order valence-electron chi connectivity index (χ2n) is 10.1. The smallest absolute Gasteiger partial charge is 0.358 e. The van der Waals surface area contributed by atoms with E-state index in [1.54, 1.807) is 0 Å². The largest absolute Gasteiger partial charge is 3.00 e. The zero-order valence-corrected chi connectivity index (χ0v) is 24.0. The summed E-state index contributed by atoms with van der Waals surface area (Å²) in [5.74, 6) is 0. The summed E-state index contributed by atoms with van der Waals surface area (Å²) in [6.45, 7) is 19.8. The van der Waals surface area contributed by atoms with Crippen molar-refractivity contribution in [2.75, 3.05) is 12.3 Å². The topological polar surface area (TPSA) is 0 Å². The molecule has 1 radical (unpaired) electrons. The Morgan fingerprint density at radius 3 is 1.81 bits per heavy atom. The molecule has 3 unspecified atom stereocenters. The molecule has 3 atom stereocenters. The van der Waals surface area contributed by atoms with Gasteiger partial charge in [0.2, 0.25) is 0 Å². The Labute approximate surface area is 193 Å². The van der Waals surface area contributed by atoms with Crippen molar-refractivity contribution in [3.05, 3.63) is 20.5 Å². The van der Waals surface area contributed by atoms with Crippen LogP contribution in [0.15, 0.2) is 0 Å². The Morgan fingerprint density at radius 1 is 0.889 bits per heavy atom. The van der Waals surface area contributed by atoms with Gasteiger partial charge in [-0.25, -0.2) is 0 Å². The van der Waals surface area contributed by atoms with Gasteiger partial charge in [-0.15, -0.1) is 8.58 Å². The van der Waals surface area contributed by atoms with Crippen molar-refractivity contribution in [2.45, 2.75) is 106 Å². The normalized spacial score (nSPS) is 21.1. The van der Waals surface area contributed by atoms with E-state index >= 15 is 0 Å². The van der Waals surface area contributed by atoms with E-state index < -0.39 is 0 Å². The number of rotatable bonds is 8. The van der Waals surface area contributed by atoms with Gasteiger partial charge in [0.05, 0.1) is 0 Å². The molecule has 1 fully saturated rings. The van der Waals surface area contributed by atoms with Crippen LogP contribution in [0.3, 0.4) is 0 Å². The number of unbranched alkanes of at least 4 members (excludes halogenated alkanes) is 2. The van der Waals surface area contributed by atoms with Gasteiger partial charge >= 0.3 is 21.7 Å². The van der Waals surface area contributed by atoms with E-state index in [1.165, 1.54) is 65.9 Å². The van der Waals surface area contributed by atoms with Crippen molar-refractivity contribution in [3.8, 4) is 0 Å². The zero-order chi connectivity index (χ0) is 18.4. The van der Waals surface area contributed by atoms with Crippen LogP contribution in [-0.4, -0.2) is 18.0 Å². The molecule has 0 amide bonds. The molecule has 0 aliphatic heterocycles. The minimum absolute atomic E-state index is 0. The molecule has 3 heteroatoms. The standard InChI is InChI=1S/C22H45P2.2CH3.Ti/c1-9-11-13-23-18-15-19(24-14-12-10-2)17-22(16-18,20(3,4)5)21(6,7)8;;;/h18,23-24H,9-17H2,1-8H3;2*1H3;/q3*-1;+3. The first-order valence-corrected chi connectivity index (χ1v) is 12.9. The van der Waals surface area contributed by atoms with Crippen molar-refractivity contribution in [2.24, 2.45) is 16.2 Å². The molecule has 0 saturated heterocycles. The van der Waals surface area contributed by atoms with Crippen LogP contribution in [0.4, 0.5) is 0 Å². The molecular weight excluding hydrogens is 398 g/mol. The number of hydrogen-bond acceptors (Lipinski definition) is 0. The summed E-state index contributed by atoms with van der Waals surface area (Å²) in [6, 6.07) is 0. The Bertz CT molecular complexity index is 320. The van der Waals surface area contributed by atoms with E-state index in [1.807, 2.05) is 5.66 Å². The quantitative estimate of drug-likeness (QED) is 0.150. The van der Waals surface area contributed by atoms with E-state index in [2.05, 4.69) is 55.4 Å². The van der Waals surface area contributed by atoms with Crippen molar-refractivity contribution < 1.29 is 21.7 Å². The van der Waals surface area contributed by atoms with Crippen LogP contribution in [0.1, 0.15) is 100 Å². The molecule has 0 aromatic heterocycles. The predicted molar refractivity (Wildman–Crippen MR) is 131 cm³/mol. The molecular formula is C24H51P2Ti. The summed E-state index contributed by atoms with van der Waals surface area (Å²) in [5.41, 5.74) is 4.15. The first-order chi connectivity index (χ1) is 11.1. The Hall–Kier alpha value is 1.57. The fraction of sp³-hybridized carbons (Fsp3) is 0.875. The maximum Gasteiger partial charge on any atom is 3.00 e. The average Bonchev–Trinajstić information content (AvgIpc) is 2.45. The van der Waals surface area contributed by atoms with Gasteiger partial charge in [0.25, 0.3) is 0 Å². The van der Waals surface area contributed by atoms with Gasteiger partial charge in [-0.1, -0.05) is 80.8 Å². The molecule has 1 rings (SSSR count). The molecule has 0 nitrogen and oxygen atoms in total. The van der Waals surface area contributed by atoms with Gasteiger partial charge in [-0.3, -0.25) is 14.2 Å². The molecule has 0 bridgehead atoms. The Morgan fingerprint density at radius 2 is 1.37 bits per heavy atom. The Balaban J connectivity index is -0.00000192. The molecule has 1 aliphatic carbocycles. The van der Waals surface area contributed by atoms with Crippen LogP contribution in [0.2, 0.25) is 0 Å². The summed E-state index contributed by atoms with van der Waals surface area (Å²) in [5, 5.41) is 0. The van der Waals surface area contributed by atoms with E-state index in [0.29, 0.717) is 16.2 Å². The van der Waals surface area contributed by atoms with Crippen molar-refractivity contribution in [3.63, 3.8) is 0 Å². The van der Waals surface area contributed by atoms with Gasteiger partial charge in [-0.05, 0) is 40.9 Å². The molecule has 0 aromatic rings. The predicted octanol–water partition coefficient (Wildman–Crippen LogP) is 9.00. The average molecular weight is 449 g/mol. The van der Waals surface area contributed by atoms with Crippen molar-refractivity contribution >= 4 is 17.2 Å². The van der Waals surface area contributed by atoms with E-state index in [9.17, 15) is 0 Å². The third kappa shape index (κ3) is 9.50.